The Kier molecular flexibility index (Phi) is 4.17. The van der Waals surface area contributed by atoms with Crippen LogP contribution in [0, 0.1) is 5.82 Å². The van der Waals surface area contributed by atoms with E-state index in [0.717, 1.165) is 22.2 Å². The van der Waals surface area contributed by atoms with E-state index < -0.39 is 16.6 Å². The molecule has 1 aromatic carbocycles. The number of hydrogen-bond acceptors (Lipinski definition) is 4. The van der Waals surface area contributed by atoms with Crippen molar-refractivity contribution < 1.29 is 8.60 Å². The molecule has 0 radical (unpaired) electrons. The highest BCUT2D eigenvalue weighted by Gasteiger charge is 2.17. The van der Waals surface area contributed by atoms with Crippen LogP contribution in [0.2, 0.25) is 0 Å². The number of H-pyrrole nitrogens is 1. The summed E-state index contributed by atoms with van der Waals surface area (Å²) < 4.78 is 26.9. The number of aromatic amines is 1. The molecule has 0 bridgehead atoms. The number of pyridine rings is 3. The number of benzene rings is 1. The fourth-order valence-electron chi connectivity index (χ4n) is 3.52. The molecule has 29 heavy (non-hydrogen) atoms. The third kappa shape index (κ3) is 3.00. The van der Waals surface area contributed by atoms with Crippen molar-refractivity contribution in [3.05, 3.63) is 73.1 Å². The standard InChI is InChI=1S/C22H15FN4OS/c1-29(28)15-6-2-4-13(8-15)20-17(23)11-26-22-21(20)16-9-18(25-12-19(16)27-22)14-5-3-7-24-10-14/h2-12H,1H3,(H,26,27). The molecule has 4 aromatic heterocycles. The van der Waals surface area contributed by atoms with E-state index in [2.05, 4.69) is 19.9 Å². The number of nitrogens with one attached hydrogen (secondary N) is 1. The van der Waals surface area contributed by atoms with Gasteiger partial charge in [0, 0.05) is 56.2 Å². The Morgan fingerprint density at radius 2 is 1.86 bits per heavy atom. The van der Waals surface area contributed by atoms with Crippen molar-refractivity contribution in [3.8, 4) is 22.4 Å². The maximum atomic E-state index is 15.0. The maximum Gasteiger partial charge on any atom is 0.150 e. The number of aromatic nitrogens is 4. The minimum absolute atomic E-state index is 0.428. The van der Waals surface area contributed by atoms with Gasteiger partial charge in [0.1, 0.15) is 11.5 Å². The first kappa shape index (κ1) is 17.6. The summed E-state index contributed by atoms with van der Waals surface area (Å²) in [6, 6.07) is 12.8. The molecule has 7 heteroatoms. The van der Waals surface area contributed by atoms with Gasteiger partial charge in [-0.25, -0.2) is 9.37 Å². The van der Waals surface area contributed by atoms with Crippen LogP contribution in [0.1, 0.15) is 0 Å². The van der Waals surface area contributed by atoms with Crippen molar-refractivity contribution in [3.63, 3.8) is 0 Å². The molecule has 0 aliphatic rings. The molecule has 0 amide bonds. The largest absolute Gasteiger partial charge is 0.338 e. The minimum atomic E-state index is -1.16. The van der Waals surface area contributed by atoms with Gasteiger partial charge in [-0.2, -0.15) is 0 Å². The van der Waals surface area contributed by atoms with Gasteiger partial charge in [-0.05, 0) is 35.9 Å². The van der Waals surface area contributed by atoms with Gasteiger partial charge in [-0.1, -0.05) is 12.1 Å². The molecule has 142 valence electrons. The Morgan fingerprint density at radius 3 is 2.66 bits per heavy atom. The van der Waals surface area contributed by atoms with Crippen LogP contribution < -0.4 is 0 Å². The fourth-order valence-corrected chi connectivity index (χ4v) is 4.08. The van der Waals surface area contributed by atoms with Gasteiger partial charge >= 0.3 is 0 Å². The molecule has 0 saturated heterocycles. The zero-order valence-electron chi connectivity index (χ0n) is 15.4. The molecule has 1 unspecified atom stereocenters. The van der Waals surface area contributed by atoms with Crippen molar-refractivity contribution in [2.24, 2.45) is 0 Å². The van der Waals surface area contributed by atoms with Gasteiger partial charge in [0.2, 0.25) is 0 Å². The predicted molar refractivity (Wildman–Crippen MR) is 112 cm³/mol. The summed E-state index contributed by atoms with van der Waals surface area (Å²) in [5.74, 6) is -0.433. The van der Waals surface area contributed by atoms with Gasteiger partial charge in [0.05, 0.1) is 23.6 Å². The monoisotopic (exact) mass is 402 g/mol. The number of fused-ring (bicyclic) bond motifs is 3. The number of hydrogen-bond donors (Lipinski definition) is 1. The van der Waals surface area contributed by atoms with Crippen LogP contribution in [0.3, 0.4) is 0 Å². The summed E-state index contributed by atoms with van der Waals surface area (Å²) in [6.07, 6.45) is 7.98. The lowest BCUT2D eigenvalue weighted by Crippen LogP contribution is -1.92. The van der Waals surface area contributed by atoms with Crippen LogP contribution in [0.25, 0.3) is 44.3 Å². The first-order valence-electron chi connectivity index (χ1n) is 8.92. The quantitative estimate of drug-likeness (QED) is 0.474. The second-order valence-electron chi connectivity index (χ2n) is 6.67. The second kappa shape index (κ2) is 6.86. The zero-order valence-corrected chi connectivity index (χ0v) is 16.2. The lowest BCUT2D eigenvalue weighted by molar-refractivity contribution is 0.627. The van der Waals surface area contributed by atoms with Crippen molar-refractivity contribution >= 4 is 32.7 Å². The number of halogens is 1. The molecule has 5 rings (SSSR count). The number of rotatable bonds is 3. The topological polar surface area (TPSA) is 71.5 Å². The van der Waals surface area contributed by atoms with Crippen molar-refractivity contribution in [2.75, 3.05) is 6.26 Å². The van der Waals surface area contributed by atoms with E-state index in [9.17, 15) is 8.60 Å². The summed E-state index contributed by atoms with van der Waals surface area (Å²) in [7, 11) is -1.16. The van der Waals surface area contributed by atoms with Crippen molar-refractivity contribution in [1.82, 2.24) is 19.9 Å². The molecule has 1 atom stereocenters. The van der Waals surface area contributed by atoms with Crippen LogP contribution in [0.15, 0.2) is 72.1 Å². The van der Waals surface area contributed by atoms with Crippen LogP contribution in [0.5, 0.6) is 0 Å². The Labute approximate surface area is 168 Å². The molecule has 5 nitrogen and oxygen atoms in total. The number of nitrogens with zero attached hydrogens (tertiary/aromatic N) is 3. The predicted octanol–water partition coefficient (Wildman–Crippen LogP) is 4.72. The summed E-state index contributed by atoms with van der Waals surface area (Å²) in [4.78, 5) is 16.7. The molecular formula is C22H15FN4OS. The van der Waals surface area contributed by atoms with Crippen molar-refractivity contribution in [2.45, 2.75) is 4.90 Å². The summed E-state index contributed by atoms with van der Waals surface area (Å²) in [5.41, 5.74) is 4.04. The second-order valence-corrected chi connectivity index (χ2v) is 8.05. The van der Waals surface area contributed by atoms with Gasteiger partial charge in [-0.15, -0.1) is 0 Å². The zero-order chi connectivity index (χ0) is 20.0. The first-order valence-corrected chi connectivity index (χ1v) is 10.5. The fraction of sp³-hybridized carbons (Fsp3) is 0.0455. The Bertz CT molecular complexity index is 1400. The van der Waals surface area contributed by atoms with E-state index in [1.807, 2.05) is 24.3 Å². The molecule has 0 fully saturated rings. The molecule has 5 aromatic rings. The Hall–Kier alpha value is -3.45. The first-order chi connectivity index (χ1) is 14.1. The van der Waals surface area contributed by atoms with Gasteiger partial charge in [0.25, 0.3) is 0 Å². The van der Waals surface area contributed by atoms with E-state index in [0.29, 0.717) is 27.1 Å². The van der Waals surface area contributed by atoms with Crippen LogP contribution >= 0.6 is 0 Å². The maximum absolute atomic E-state index is 15.0. The van der Waals surface area contributed by atoms with Crippen molar-refractivity contribution in [1.29, 1.82) is 0 Å². The van der Waals surface area contributed by atoms with E-state index in [1.54, 1.807) is 43.0 Å². The SMILES string of the molecule is CS(=O)c1cccc(-c2c(F)cnc3[nH]c4cnc(-c5cccnc5)cc4c23)c1. The third-order valence-corrected chi connectivity index (χ3v) is 5.79. The van der Waals surface area contributed by atoms with Crippen LogP contribution in [0.4, 0.5) is 4.39 Å². The Morgan fingerprint density at radius 1 is 1.00 bits per heavy atom. The van der Waals surface area contributed by atoms with Gasteiger partial charge < -0.3 is 4.98 Å². The van der Waals surface area contributed by atoms with E-state index >= 15 is 0 Å². The average Bonchev–Trinajstić information content (AvgIpc) is 3.12. The van der Waals surface area contributed by atoms with Crippen LogP contribution in [-0.2, 0) is 10.8 Å². The highest BCUT2D eigenvalue weighted by Crippen LogP contribution is 2.36. The van der Waals surface area contributed by atoms with E-state index in [1.165, 1.54) is 6.20 Å². The molecule has 0 spiro atoms. The van der Waals surface area contributed by atoms with Gasteiger partial charge in [0.15, 0.2) is 0 Å². The van der Waals surface area contributed by atoms with E-state index in [4.69, 9.17) is 0 Å². The molecule has 0 aliphatic carbocycles. The smallest absolute Gasteiger partial charge is 0.150 e. The highest BCUT2D eigenvalue weighted by atomic mass is 32.2. The lowest BCUT2D eigenvalue weighted by Gasteiger charge is -2.08. The molecular weight excluding hydrogens is 387 g/mol. The minimum Gasteiger partial charge on any atom is -0.338 e. The third-order valence-electron chi connectivity index (χ3n) is 4.87. The summed E-state index contributed by atoms with van der Waals surface area (Å²) >= 11 is 0. The Balaban J connectivity index is 1.83. The molecule has 0 saturated carbocycles. The van der Waals surface area contributed by atoms with Crippen LogP contribution in [-0.4, -0.2) is 30.4 Å². The van der Waals surface area contributed by atoms with E-state index in [-0.39, 0.29) is 0 Å². The molecule has 4 heterocycles. The summed E-state index contributed by atoms with van der Waals surface area (Å²) in [5, 5.41) is 1.49. The molecule has 0 aliphatic heterocycles. The normalized spacial score (nSPS) is 12.5. The highest BCUT2D eigenvalue weighted by molar-refractivity contribution is 7.84. The van der Waals surface area contributed by atoms with Gasteiger partial charge in [-0.3, -0.25) is 14.2 Å². The molecule has 1 N–H and O–H groups in total. The average molecular weight is 402 g/mol. The summed E-state index contributed by atoms with van der Waals surface area (Å²) in [6.45, 7) is 0. The lowest BCUT2D eigenvalue weighted by atomic mass is 10.0.